The van der Waals surface area contributed by atoms with Gasteiger partial charge in [-0.3, -0.25) is 23.9 Å². The van der Waals surface area contributed by atoms with Crippen LogP contribution in [0.4, 0.5) is 0 Å². The van der Waals surface area contributed by atoms with E-state index in [0.29, 0.717) is 5.82 Å². The average Bonchev–Trinajstić information content (AvgIpc) is 3.25. The van der Waals surface area contributed by atoms with Crippen molar-refractivity contribution in [2.45, 2.75) is 44.7 Å². The largest absolute Gasteiger partial charge is 0.480 e. The Labute approximate surface area is 193 Å². The summed E-state index contributed by atoms with van der Waals surface area (Å²) in [7, 11) is -4.00. The van der Waals surface area contributed by atoms with Gasteiger partial charge < -0.3 is 26.2 Å². The zero-order valence-electron chi connectivity index (χ0n) is 17.9. The Balaban J connectivity index is 2.29. The van der Waals surface area contributed by atoms with E-state index in [1.807, 2.05) is 4.72 Å². The van der Waals surface area contributed by atoms with E-state index >= 15 is 0 Å². The number of carboxylic acid groups (broad SMARTS) is 2. The fourth-order valence-corrected chi connectivity index (χ4v) is 3.50. The lowest BCUT2D eigenvalue weighted by Gasteiger charge is -2.14. The van der Waals surface area contributed by atoms with Gasteiger partial charge >= 0.3 is 11.9 Å². The van der Waals surface area contributed by atoms with E-state index in [4.69, 9.17) is 10.2 Å². The summed E-state index contributed by atoms with van der Waals surface area (Å²) in [6, 6.07) is -1.42. The maximum atomic E-state index is 12.0. The molecule has 18 heteroatoms. The van der Waals surface area contributed by atoms with Crippen LogP contribution in [-0.2, 0) is 40.5 Å². The number of tetrazole rings is 1. The Bertz CT molecular complexity index is 952. The van der Waals surface area contributed by atoms with Crippen LogP contribution in [0.3, 0.4) is 0 Å². The fourth-order valence-electron chi connectivity index (χ4n) is 2.42. The molecule has 34 heavy (non-hydrogen) atoms. The van der Waals surface area contributed by atoms with Gasteiger partial charge in [0.05, 0.1) is 12.3 Å². The molecule has 1 aromatic heterocycles. The molecule has 1 rings (SSSR count). The predicted octanol–water partition coefficient (Wildman–Crippen LogP) is -3.54. The minimum atomic E-state index is -4.00. The number of amides is 3. The highest BCUT2D eigenvalue weighted by Crippen LogP contribution is 2.01. The molecule has 3 amide bonds. The first-order valence-corrected chi connectivity index (χ1v) is 11.6. The molecule has 0 aliphatic carbocycles. The Hall–Kier alpha value is -3.67. The minimum absolute atomic E-state index is 0.141. The smallest absolute Gasteiger partial charge is 0.326 e. The quantitative estimate of drug-likeness (QED) is 0.101. The minimum Gasteiger partial charge on any atom is -0.480 e. The van der Waals surface area contributed by atoms with Crippen molar-refractivity contribution < 1.29 is 42.6 Å². The molecule has 0 spiro atoms. The number of H-pyrrole nitrogens is 1. The number of aromatic amines is 1. The van der Waals surface area contributed by atoms with Crippen LogP contribution in [0.25, 0.3) is 0 Å². The number of aliphatic carboxylic acids is 2. The van der Waals surface area contributed by atoms with E-state index in [1.165, 1.54) is 0 Å². The van der Waals surface area contributed by atoms with Crippen molar-refractivity contribution in [2.24, 2.45) is 0 Å². The van der Waals surface area contributed by atoms with E-state index < -0.39 is 58.0 Å². The van der Waals surface area contributed by atoms with Gasteiger partial charge in [-0.1, -0.05) is 5.21 Å². The summed E-state index contributed by atoms with van der Waals surface area (Å²) < 4.78 is 25.8. The second-order valence-electron chi connectivity index (χ2n) is 6.87. The van der Waals surface area contributed by atoms with Gasteiger partial charge in [-0.05, 0) is 12.8 Å². The molecular weight excluding hydrogens is 480 g/mol. The van der Waals surface area contributed by atoms with Gasteiger partial charge in [-0.25, -0.2) is 13.2 Å². The number of rotatable bonds is 17. The van der Waals surface area contributed by atoms with Crippen LogP contribution >= 0.6 is 0 Å². The normalized spacial score (nSPS) is 11.9. The zero-order chi connectivity index (χ0) is 25.6. The summed E-state index contributed by atoms with van der Waals surface area (Å²) in [5.74, 6) is -5.06. The van der Waals surface area contributed by atoms with Crippen LogP contribution < -0.4 is 20.7 Å². The third-order valence-corrected chi connectivity index (χ3v) is 5.38. The summed E-state index contributed by atoms with van der Waals surface area (Å²) in [6.07, 6.45) is -1.29. The maximum absolute atomic E-state index is 12.0. The second kappa shape index (κ2) is 14.5. The number of nitrogens with zero attached hydrogens (tertiary/aromatic N) is 3. The van der Waals surface area contributed by atoms with Gasteiger partial charge in [0, 0.05) is 25.8 Å². The molecule has 0 aromatic carbocycles. The Morgan fingerprint density at radius 1 is 1.00 bits per heavy atom. The van der Waals surface area contributed by atoms with Gasteiger partial charge in [0.15, 0.2) is 5.82 Å². The summed E-state index contributed by atoms with van der Waals surface area (Å²) in [5, 5.41) is 37.7. The van der Waals surface area contributed by atoms with Gasteiger partial charge in [-0.2, -0.15) is 5.21 Å². The van der Waals surface area contributed by atoms with Crippen molar-refractivity contribution in [3.8, 4) is 0 Å². The number of hydrogen-bond donors (Lipinski definition) is 7. The summed E-state index contributed by atoms with van der Waals surface area (Å²) in [5.41, 5.74) is 0. The summed E-state index contributed by atoms with van der Waals surface area (Å²) >= 11 is 0. The van der Waals surface area contributed by atoms with E-state index in [-0.39, 0.29) is 45.2 Å². The second-order valence-corrected chi connectivity index (χ2v) is 8.71. The molecule has 1 heterocycles. The van der Waals surface area contributed by atoms with E-state index in [0.717, 1.165) is 0 Å². The van der Waals surface area contributed by atoms with Gasteiger partial charge in [0.1, 0.15) is 12.6 Å². The summed E-state index contributed by atoms with van der Waals surface area (Å²) in [4.78, 5) is 56.8. The van der Waals surface area contributed by atoms with Crippen LogP contribution in [0.15, 0.2) is 0 Å². The molecule has 7 N–H and O–H groups in total. The summed E-state index contributed by atoms with van der Waals surface area (Å²) in [6.45, 7) is -0.232. The van der Waals surface area contributed by atoms with Crippen LogP contribution in [0.2, 0.25) is 0 Å². The van der Waals surface area contributed by atoms with Gasteiger partial charge in [0.2, 0.25) is 27.7 Å². The average molecular weight is 506 g/mol. The SMILES string of the molecule is O=C(O)CNC(=O)CC[C@H](NC(=O)CCCS(=O)(=O)NC(=O)CCNCc1nn[nH]n1)C(=O)O. The number of nitrogens with one attached hydrogen (secondary N) is 5. The molecule has 0 saturated carbocycles. The first-order valence-electron chi connectivity index (χ1n) is 9.95. The lowest BCUT2D eigenvalue weighted by Crippen LogP contribution is -2.42. The Morgan fingerprint density at radius 2 is 1.74 bits per heavy atom. The van der Waals surface area contributed by atoms with Crippen LogP contribution in [0.1, 0.15) is 37.9 Å². The number of sulfonamides is 1. The van der Waals surface area contributed by atoms with Crippen LogP contribution in [0.5, 0.6) is 0 Å². The van der Waals surface area contributed by atoms with Crippen molar-refractivity contribution in [2.75, 3.05) is 18.8 Å². The van der Waals surface area contributed by atoms with Crippen molar-refractivity contribution in [1.29, 1.82) is 0 Å². The topological polar surface area (TPSA) is 263 Å². The van der Waals surface area contributed by atoms with Crippen molar-refractivity contribution >= 4 is 39.7 Å². The molecule has 17 nitrogen and oxygen atoms in total. The van der Waals surface area contributed by atoms with Gasteiger partial charge in [0.25, 0.3) is 0 Å². The number of carboxylic acids is 2. The highest BCUT2D eigenvalue weighted by Gasteiger charge is 2.22. The molecule has 190 valence electrons. The zero-order valence-corrected chi connectivity index (χ0v) is 18.8. The number of carbonyl (C=O) groups excluding carboxylic acids is 3. The van der Waals surface area contributed by atoms with E-state index in [9.17, 15) is 32.4 Å². The molecule has 0 fully saturated rings. The Kier molecular flexibility index (Phi) is 12.1. The number of aromatic nitrogens is 4. The third kappa shape index (κ3) is 13.0. The Morgan fingerprint density at radius 3 is 2.35 bits per heavy atom. The molecule has 0 unspecified atom stereocenters. The highest BCUT2D eigenvalue weighted by molar-refractivity contribution is 7.90. The predicted molar refractivity (Wildman–Crippen MR) is 111 cm³/mol. The first-order chi connectivity index (χ1) is 16.0. The molecular formula is C16H26N8O9S. The van der Waals surface area contributed by atoms with E-state index in [2.05, 4.69) is 36.6 Å². The lowest BCUT2D eigenvalue weighted by atomic mass is 10.1. The molecule has 0 radical (unpaired) electrons. The molecule has 0 aliphatic rings. The maximum Gasteiger partial charge on any atom is 0.326 e. The standard InChI is InChI=1S/C16H26N8O9S/c25-12(18-9-15(28)29)4-3-10(16(30)31)19-13(26)2-1-7-34(32,33)22-14(27)5-6-17-8-11-20-23-24-21-11/h10,17H,1-9H2,(H,18,25)(H,19,26)(H,22,27)(H,28,29)(H,30,31)(H,20,21,23,24)/t10-/m0/s1. The monoisotopic (exact) mass is 506 g/mol. The molecule has 1 aromatic rings. The lowest BCUT2D eigenvalue weighted by molar-refractivity contribution is -0.142. The highest BCUT2D eigenvalue weighted by atomic mass is 32.2. The van der Waals surface area contributed by atoms with Crippen LogP contribution in [-0.4, -0.2) is 93.8 Å². The molecule has 0 aliphatic heterocycles. The van der Waals surface area contributed by atoms with Gasteiger partial charge in [-0.15, -0.1) is 10.2 Å². The number of carbonyl (C=O) groups is 5. The number of hydrogen-bond acceptors (Lipinski definition) is 11. The molecule has 0 saturated heterocycles. The first kappa shape index (κ1) is 28.4. The fraction of sp³-hybridized carbons (Fsp3) is 0.625. The van der Waals surface area contributed by atoms with Crippen molar-refractivity contribution in [3.63, 3.8) is 0 Å². The third-order valence-electron chi connectivity index (χ3n) is 4.02. The van der Waals surface area contributed by atoms with Crippen LogP contribution in [0, 0.1) is 0 Å². The van der Waals surface area contributed by atoms with Crippen molar-refractivity contribution in [3.05, 3.63) is 5.82 Å². The van der Waals surface area contributed by atoms with E-state index in [1.54, 1.807) is 0 Å². The molecule has 1 atom stereocenters. The molecule has 0 bridgehead atoms. The van der Waals surface area contributed by atoms with Crippen molar-refractivity contribution in [1.82, 2.24) is 41.3 Å².